The van der Waals surface area contributed by atoms with Gasteiger partial charge in [-0.25, -0.2) is 8.42 Å². The second-order valence-corrected chi connectivity index (χ2v) is 8.76. The number of ether oxygens (including phenoxy) is 1. The van der Waals surface area contributed by atoms with Gasteiger partial charge in [0.25, 0.3) is 0 Å². The fraction of sp³-hybridized carbons (Fsp3) is 0.190. The van der Waals surface area contributed by atoms with Gasteiger partial charge < -0.3 is 14.5 Å². The lowest BCUT2D eigenvalue weighted by Crippen LogP contribution is -2.40. The fourth-order valence-corrected chi connectivity index (χ4v) is 4.52. The molecule has 0 radical (unpaired) electrons. The molecule has 7 nitrogen and oxygen atoms in total. The number of sulfonamides is 1. The number of benzene rings is 2. The number of furan rings is 1. The molecule has 3 aromatic rings. The van der Waals surface area contributed by atoms with Crippen molar-refractivity contribution in [1.29, 1.82) is 0 Å². The third-order valence-electron chi connectivity index (χ3n) is 4.32. The summed E-state index contributed by atoms with van der Waals surface area (Å²) in [6.07, 6.45) is 1.50. The number of halogens is 1. The van der Waals surface area contributed by atoms with Gasteiger partial charge in [0.05, 0.1) is 36.4 Å². The third-order valence-corrected chi connectivity index (χ3v) is 6.41. The van der Waals surface area contributed by atoms with Crippen molar-refractivity contribution in [3.05, 3.63) is 83.3 Å². The molecule has 0 aliphatic carbocycles. The van der Waals surface area contributed by atoms with Crippen LogP contribution < -0.4 is 10.1 Å². The van der Waals surface area contributed by atoms with Crippen molar-refractivity contribution in [3.63, 3.8) is 0 Å². The van der Waals surface area contributed by atoms with E-state index >= 15 is 0 Å². The number of carbonyl (C=O) groups is 1. The van der Waals surface area contributed by atoms with Gasteiger partial charge in [0.1, 0.15) is 11.5 Å². The largest absolute Gasteiger partial charge is 0.495 e. The van der Waals surface area contributed by atoms with Gasteiger partial charge in [-0.2, -0.15) is 4.31 Å². The molecular weight excluding hydrogens is 428 g/mol. The van der Waals surface area contributed by atoms with E-state index in [0.717, 1.165) is 9.87 Å². The Balaban J connectivity index is 1.84. The van der Waals surface area contributed by atoms with E-state index in [1.807, 2.05) is 6.07 Å². The normalized spacial score (nSPS) is 11.4. The van der Waals surface area contributed by atoms with E-state index in [4.69, 9.17) is 20.8 Å². The number of nitrogens with zero attached hydrogens (tertiary/aromatic N) is 1. The first-order valence-electron chi connectivity index (χ1n) is 9.07. The molecule has 0 fully saturated rings. The van der Waals surface area contributed by atoms with Crippen LogP contribution in [0.5, 0.6) is 5.75 Å². The zero-order chi connectivity index (χ0) is 21.6. The van der Waals surface area contributed by atoms with Crippen molar-refractivity contribution in [3.8, 4) is 5.75 Å². The molecule has 0 saturated carbocycles. The molecule has 0 spiro atoms. The maximum Gasteiger partial charge on any atom is 0.243 e. The minimum Gasteiger partial charge on any atom is -0.495 e. The highest BCUT2D eigenvalue weighted by Crippen LogP contribution is 2.29. The Labute approximate surface area is 180 Å². The summed E-state index contributed by atoms with van der Waals surface area (Å²) in [5.41, 5.74) is 0.750. The molecule has 30 heavy (non-hydrogen) atoms. The Hall–Kier alpha value is -2.81. The van der Waals surface area contributed by atoms with Gasteiger partial charge in [0.15, 0.2) is 0 Å². The summed E-state index contributed by atoms with van der Waals surface area (Å²) in [6, 6.07) is 16.7. The molecule has 0 saturated heterocycles. The highest BCUT2D eigenvalue weighted by Gasteiger charge is 2.27. The Morgan fingerprint density at radius 2 is 1.90 bits per heavy atom. The second-order valence-electron chi connectivity index (χ2n) is 6.41. The van der Waals surface area contributed by atoms with Crippen molar-refractivity contribution in [2.24, 2.45) is 0 Å². The van der Waals surface area contributed by atoms with Crippen molar-refractivity contribution in [1.82, 2.24) is 9.62 Å². The first-order chi connectivity index (χ1) is 14.4. The number of rotatable bonds is 9. The molecule has 9 heteroatoms. The molecule has 0 unspecified atom stereocenters. The van der Waals surface area contributed by atoms with Crippen molar-refractivity contribution in [2.75, 3.05) is 13.7 Å². The van der Waals surface area contributed by atoms with E-state index in [-0.39, 0.29) is 29.6 Å². The van der Waals surface area contributed by atoms with Gasteiger partial charge in [0, 0.05) is 6.54 Å². The summed E-state index contributed by atoms with van der Waals surface area (Å²) in [5.74, 6) is 0.481. The van der Waals surface area contributed by atoms with Gasteiger partial charge in [-0.15, -0.1) is 0 Å². The summed E-state index contributed by atoms with van der Waals surface area (Å²) in [4.78, 5) is 12.5. The van der Waals surface area contributed by atoms with Crippen LogP contribution in [-0.2, 0) is 27.9 Å². The SMILES string of the molecule is COc1ccc(S(=O)(=O)N(CC(=O)NCc2ccco2)Cc2ccccc2)cc1Cl. The number of carbonyl (C=O) groups excluding carboxylic acids is 1. The standard InChI is InChI=1S/C21H21ClN2O5S/c1-28-20-10-9-18(12-19(20)22)30(26,27)24(14-16-6-3-2-4-7-16)15-21(25)23-13-17-8-5-11-29-17/h2-12H,13-15H2,1H3,(H,23,25). The molecule has 1 N–H and O–H groups in total. The topological polar surface area (TPSA) is 88.9 Å². The van der Waals surface area contributed by atoms with E-state index in [2.05, 4.69) is 5.32 Å². The molecule has 1 amide bonds. The first-order valence-corrected chi connectivity index (χ1v) is 10.9. The Kier molecular flexibility index (Phi) is 7.15. The van der Waals surface area contributed by atoms with E-state index in [1.165, 1.54) is 31.6 Å². The number of hydrogen-bond donors (Lipinski definition) is 1. The molecule has 0 atom stereocenters. The van der Waals surface area contributed by atoms with Gasteiger partial charge in [-0.3, -0.25) is 4.79 Å². The lowest BCUT2D eigenvalue weighted by molar-refractivity contribution is -0.121. The fourth-order valence-electron chi connectivity index (χ4n) is 2.78. The molecule has 0 aliphatic heterocycles. The highest BCUT2D eigenvalue weighted by molar-refractivity contribution is 7.89. The summed E-state index contributed by atoms with van der Waals surface area (Å²) >= 11 is 6.12. The van der Waals surface area contributed by atoms with Gasteiger partial charge >= 0.3 is 0 Å². The van der Waals surface area contributed by atoms with Crippen molar-refractivity contribution < 1.29 is 22.4 Å². The predicted molar refractivity (Wildman–Crippen MR) is 113 cm³/mol. The number of hydrogen-bond acceptors (Lipinski definition) is 5. The predicted octanol–water partition coefficient (Wildman–Crippen LogP) is 3.45. The molecule has 0 bridgehead atoms. The molecule has 158 valence electrons. The maximum absolute atomic E-state index is 13.3. The average molecular weight is 449 g/mol. The minimum atomic E-state index is -4.00. The van der Waals surface area contributed by atoms with Crippen LogP contribution >= 0.6 is 11.6 Å². The van der Waals surface area contributed by atoms with E-state index in [1.54, 1.807) is 36.4 Å². The van der Waals surface area contributed by atoms with Crippen LogP contribution in [0.2, 0.25) is 5.02 Å². The van der Waals surface area contributed by atoms with Crippen molar-refractivity contribution in [2.45, 2.75) is 18.0 Å². The van der Waals surface area contributed by atoms with E-state index in [0.29, 0.717) is 11.5 Å². The van der Waals surface area contributed by atoms with Crippen LogP contribution in [0, 0.1) is 0 Å². The molecule has 0 aliphatic rings. The quantitative estimate of drug-likeness (QED) is 0.541. The second kappa shape index (κ2) is 9.80. The van der Waals surface area contributed by atoms with Crippen molar-refractivity contribution >= 4 is 27.5 Å². The molecule has 3 rings (SSSR count). The molecule has 1 heterocycles. The van der Waals surface area contributed by atoms with Crippen LogP contribution in [0.3, 0.4) is 0 Å². The first kappa shape index (κ1) is 21.9. The Morgan fingerprint density at radius 1 is 1.13 bits per heavy atom. The molecular formula is C21H21ClN2O5S. The van der Waals surface area contributed by atoms with Gasteiger partial charge in [-0.1, -0.05) is 41.9 Å². The van der Waals surface area contributed by atoms with Crippen LogP contribution in [0.4, 0.5) is 0 Å². The third kappa shape index (κ3) is 5.41. The zero-order valence-corrected chi connectivity index (χ0v) is 17.8. The molecule has 1 aromatic heterocycles. The maximum atomic E-state index is 13.3. The smallest absolute Gasteiger partial charge is 0.243 e. The highest BCUT2D eigenvalue weighted by atomic mass is 35.5. The Morgan fingerprint density at radius 3 is 2.53 bits per heavy atom. The summed E-state index contributed by atoms with van der Waals surface area (Å²) in [5, 5.41) is 2.84. The lowest BCUT2D eigenvalue weighted by atomic mass is 10.2. The molecule has 2 aromatic carbocycles. The number of amides is 1. The van der Waals surface area contributed by atoms with Crippen LogP contribution in [0.25, 0.3) is 0 Å². The summed E-state index contributed by atoms with van der Waals surface area (Å²) in [7, 11) is -2.56. The average Bonchev–Trinajstić information content (AvgIpc) is 3.26. The summed E-state index contributed by atoms with van der Waals surface area (Å²) < 4.78 is 37.9. The Bertz CT molecular complexity index is 1090. The number of methoxy groups -OCH3 is 1. The zero-order valence-electron chi connectivity index (χ0n) is 16.2. The van der Waals surface area contributed by atoms with E-state index in [9.17, 15) is 13.2 Å². The number of nitrogens with one attached hydrogen (secondary N) is 1. The van der Waals surface area contributed by atoms with Gasteiger partial charge in [0.2, 0.25) is 15.9 Å². The minimum absolute atomic E-state index is 0.0249. The van der Waals surface area contributed by atoms with Gasteiger partial charge in [-0.05, 0) is 35.9 Å². The van der Waals surface area contributed by atoms with Crippen LogP contribution in [0.15, 0.2) is 76.2 Å². The van der Waals surface area contributed by atoms with Crippen LogP contribution in [0.1, 0.15) is 11.3 Å². The lowest BCUT2D eigenvalue weighted by Gasteiger charge is -2.22. The van der Waals surface area contributed by atoms with Crippen LogP contribution in [-0.4, -0.2) is 32.3 Å². The summed E-state index contributed by atoms with van der Waals surface area (Å²) in [6.45, 7) is -0.165. The van der Waals surface area contributed by atoms with E-state index < -0.39 is 15.9 Å². The monoisotopic (exact) mass is 448 g/mol.